The van der Waals surface area contributed by atoms with Crippen molar-refractivity contribution in [1.82, 2.24) is 9.55 Å². The van der Waals surface area contributed by atoms with Crippen LogP contribution in [-0.4, -0.2) is 9.55 Å². The van der Waals surface area contributed by atoms with Gasteiger partial charge in [-0.1, -0.05) is 6.07 Å². The first-order valence-corrected chi connectivity index (χ1v) is 5.56. The smallest absolute Gasteiger partial charge is 0.303 e. The average Bonchev–Trinajstić information content (AvgIpc) is 2.57. The van der Waals surface area contributed by atoms with Crippen molar-refractivity contribution >= 4 is 15.9 Å². The van der Waals surface area contributed by atoms with Crippen LogP contribution in [0.3, 0.4) is 0 Å². The summed E-state index contributed by atoms with van der Waals surface area (Å²) in [5.41, 5.74) is -0.227. The van der Waals surface area contributed by atoms with E-state index in [1.54, 1.807) is 23.8 Å². The molecular formula is C11H8BrF3N2. The van der Waals surface area contributed by atoms with E-state index in [-0.39, 0.29) is 0 Å². The van der Waals surface area contributed by atoms with E-state index in [2.05, 4.69) is 20.9 Å². The first kappa shape index (κ1) is 12.2. The van der Waals surface area contributed by atoms with E-state index in [0.29, 0.717) is 16.1 Å². The normalized spacial score (nSPS) is 11.8. The summed E-state index contributed by atoms with van der Waals surface area (Å²) in [6.45, 7) is 1.73. The van der Waals surface area contributed by atoms with Gasteiger partial charge in [0, 0.05) is 11.9 Å². The van der Waals surface area contributed by atoms with Crippen molar-refractivity contribution in [2.45, 2.75) is 13.1 Å². The quantitative estimate of drug-likeness (QED) is 0.780. The van der Waals surface area contributed by atoms with Gasteiger partial charge in [0.15, 0.2) is 0 Å². The lowest BCUT2D eigenvalue weighted by atomic mass is 10.2. The van der Waals surface area contributed by atoms with Gasteiger partial charge in [-0.3, -0.25) is 0 Å². The van der Waals surface area contributed by atoms with Crippen molar-refractivity contribution in [2.75, 3.05) is 0 Å². The summed E-state index contributed by atoms with van der Waals surface area (Å²) < 4.78 is 39.9. The molecule has 90 valence electrons. The Morgan fingerprint density at radius 3 is 2.53 bits per heavy atom. The zero-order chi connectivity index (χ0) is 12.6. The number of aromatic nitrogens is 2. The molecule has 1 aromatic carbocycles. The van der Waals surface area contributed by atoms with Gasteiger partial charge in [-0.25, -0.2) is 4.98 Å². The summed E-state index contributed by atoms with van der Waals surface area (Å²) in [5.74, 6) is 0.621. The van der Waals surface area contributed by atoms with Gasteiger partial charge in [-0.15, -0.1) is 0 Å². The van der Waals surface area contributed by atoms with E-state index in [1.807, 2.05) is 0 Å². The van der Waals surface area contributed by atoms with Crippen LogP contribution in [0.5, 0.6) is 0 Å². The molecule has 0 amide bonds. The number of hydrogen-bond donors (Lipinski definition) is 0. The zero-order valence-electron chi connectivity index (χ0n) is 8.79. The molecular weight excluding hydrogens is 297 g/mol. The fourth-order valence-corrected chi connectivity index (χ4v) is 1.99. The summed E-state index contributed by atoms with van der Waals surface area (Å²) in [7, 11) is 0. The number of alkyl halides is 3. The molecule has 0 fully saturated rings. The van der Waals surface area contributed by atoms with E-state index in [4.69, 9.17) is 0 Å². The molecule has 0 atom stereocenters. The van der Waals surface area contributed by atoms with E-state index < -0.39 is 11.7 Å². The van der Waals surface area contributed by atoms with Crippen molar-refractivity contribution in [3.8, 4) is 5.69 Å². The summed E-state index contributed by atoms with van der Waals surface area (Å²) in [5, 5.41) is 0. The fraction of sp³-hybridized carbons (Fsp3) is 0.182. The molecule has 0 aliphatic heterocycles. The van der Waals surface area contributed by atoms with Crippen LogP contribution in [0, 0.1) is 6.92 Å². The number of nitrogens with zero attached hydrogens (tertiary/aromatic N) is 2. The molecule has 0 radical (unpaired) electrons. The molecule has 0 aliphatic rings. The highest BCUT2D eigenvalue weighted by molar-refractivity contribution is 9.10. The summed E-state index contributed by atoms with van der Waals surface area (Å²) in [6.07, 6.45) is -2.70. The van der Waals surface area contributed by atoms with Gasteiger partial charge in [0.05, 0.1) is 5.56 Å². The van der Waals surface area contributed by atoms with Gasteiger partial charge >= 0.3 is 6.18 Å². The minimum Gasteiger partial charge on any atom is -0.303 e. The van der Waals surface area contributed by atoms with E-state index >= 15 is 0 Å². The van der Waals surface area contributed by atoms with Gasteiger partial charge in [-0.05, 0) is 41.1 Å². The lowest BCUT2D eigenvalue weighted by molar-refractivity contribution is -0.137. The third-order valence-electron chi connectivity index (χ3n) is 2.30. The van der Waals surface area contributed by atoms with Gasteiger partial charge in [-0.2, -0.15) is 13.2 Å². The summed E-state index contributed by atoms with van der Waals surface area (Å²) in [4.78, 5) is 4.08. The first-order chi connectivity index (χ1) is 7.88. The summed E-state index contributed by atoms with van der Waals surface area (Å²) >= 11 is 3.18. The molecule has 0 aliphatic carbocycles. The summed E-state index contributed by atoms with van der Waals surface area (Å²) in [6, 6.07) is 5.13. The molecule has 2 rings (SSSR count). The Balaban J connectivity index is 2.50. The van der Waals surface area contributed by atoms with Crippen LogP contribution in [0.15, 0.2) is 35.1 Å². The third-order valence-corrected chi connectivity index (χ3v) is 2.69. The molecule has 0 unspecified atom stereocenters. The van der Waals surface area contributed by atoms with Crippen LogP contribution in [0.4, 0.5) is 13.2 Å². The SMILES string of the molecule is Cc1nc(Br)cn1-c1cccc(C(F)(F)F)c1. The molecule has 6 heteroatoms. The zero-order valence-corrected chi connectivity index (χ0v) is 10.4. The largest absolute Gasteiger partial charge is 0.416 e. The van der Waals surface area contributed by atoms with E-state index in [9.17, 15) is 13.2 Å². The molecule has 1 aromatic heterocycles. The van der Waals surface area contributed by atoms with Crippen LogP contribution in [0.25, 0.3) is 5.69 Å². The van der Waals surface area contributed by atoms with Crippen molar-refractivity contribution in [2.24, 2.45) is 0 Å². The molecule has 0 spiro atoms. The van der Waals surface area contributed by atoms with Crippen molar-refractivity contribution in [1.29, 1.82) is 0 Å². The van der Waals surface area contributed by atoms with Crippen LogP contribution < -0.4 is 0 Å². The van der Waals surface area contributed by atoms with Crippen molar-refractivity contribution < 1.29 is 13.2 Å². The average molecular weight is 305 g/mol. The topological polar surface area (TPSA) is 17.8 Å². The Labute approximate surface area is 104 Å². The molecule has 0 saturated heterocycles. The number of halogens is 4. The Morgan fingerprint density at radius 1 is 1.29 bits per heavy atom. The van der Waals surface area contributed by atoms with E-state index in [1.165, 1.54) is 6.07 Å². The molecule has 17 heavy (non-hydrogen) atoms. The number of hydrogen-bond acceptors (Lipinski definition) is 1. The maximum atomic E-state index is 12.6. The van der Waals surface area contributed by atoms with Crippen LogP contribution in [0.2, 0.25) is 0 Å². The standard InChI is InChI=1S/C11H8BrF3N2/c1-7-16-10(12)6-17(7)9-4-2-3-8(5-9)11(13,14)15/h2-6H,1H3. The molecule has 0 N–H and O–H groups in total. The maximum Gasteiger partial charge on any atom is 0.416 e. The third kappa shape index (κ3) is 2.52. The number of rotatable bonds is 1. The van der Waals surface area contributed by atoms with Gasteiger partial charge in [0.2, 0.25) is 0 Å². The monoisotopic (exact) mass is 304 g/mol. The second-order valence-electron chi connectivity index (χ2n) is 3.53. The van der Waals surface area contributed by atoms with Crippen molar-refractivity contribution in [3.05, 3.63) is 46.5 Å². The minimum absolute atomic E-state index is 0.440. The van der Waals surface area contributed by atoms with Crippen LogP contribution in [0.1, 0.15) is 11.4 Å². The molecule has 2 nitrogen and oxygen atoms in total. The number of benzene rings is 1. The number of aryl methyl sites for hydroxylation is 1. The lowest BCUT2D eigenvalue weighted by Crippen LogP contribution is -2.06. The van der Waals surface area contributed by atoms with Crippen LogP contribution in [-0.2, 0) is 6.18 Å². The van der Waals surface area contributed by atoms with Gasteiger partial charge < -0.3 is 4.57 Å². The van der Waals surface area contributed by atoms with Crippen molar-refractivity contribution in [3.63, 3.8) is 0 Å². The van der Waals surface area contributed by atoms with Gasteiger partial charge in [0.25, 0.3) is 0 Å². The van der Waals surface area contributed by atoms with Crippen LogP contribution >= 0.6 is 15.9 Å². The molecule has 0 saturated carbocycles. The second kappa shape index (κ2) is 4.18. The fourth-order valence-electron chi connectivity index (χ4n) is 1.53. The minimum atomic E-state index is -4.33. The second-order valence-corrected chi connectivity index (χ2v) is 4.34. The maximum absolute atomic E-state index is 12.6. The Kier molecular flexibility index (Phi) is 2.99. The van der Waals surface area contributed by atoms with E-state index in [0.717, 1.165) is 12.1 Å². The molecule has 2 aromatic rings. The van der Waals surface area contributed by atoms with Gasteiger partial charge in [0.1, 0.15) is 10.4 Å². The Bertz CT molecular complexity index is 546. The highest BCUT2D eigenvalue weighted by Crippen LogP contribution is 2.30. The Hall–Kier alpha value is -1.30. The molecule has 1 heterocycles. The first-order valence-electron chi connectivity index (χ1n) is 4.77. The predicted octanol–water partition coefficient (Wildman–Crippen LogP) is 3.96. The lowest BCUT2D eigenvalue weighted by Gasteiger charge is -2.10. The predicted molar refractivity (Wildman–Crippen MR) is 61.0 cm³/mol. The molecule has 0 bridgehead atoms. The highest BCUT2D eigenvalue weighted by atomic mass is 79.9. The highest BCUT2D eigenvalue weighted by Gasteiger charge is 2.30. The number of imidazole rings is 1. The Morgan fingerprint density at radius 2 is 2.00 bits per heavy atom.